The van der Waals surface area contributed by atoms with Gasteiger partial charge in [0, 0.05) is 12.2 Å². The molecule has 3 heteroatoms. The van der Waals surface area contributed by atoms with Gasteiger partial charge in [0.1, 0.15) is 0 Å². The Morgan fingerprint density at radius 1 is 0.952 bits per heavy atom. The molecule has 0 unspecified atom stereocenters. The van der Waals surface area contributed by atoms with E-state index in [1.165, 1.54) is 56.9 Å². The van der Waals surface area contributed by atoms with Crippen molar-refractivity contribution >= 4 is 23.0 Å². The van der Waals surface area contributed by atoms with Crippen LogP contribution in [0.2, 0.25) is 0 Å². The zero-order valence-electron chi connectivity index (χ0n) is 12.7. The minimum absolute atomic E-state index is 0.757. The second-order valence-electron chi connectivity index (χ2n) is 6.59. The van der Waals surface area contributed by atoms with E-state index in [4.69, 9.17) is 12.2 Å². The molecule has 0 atom stereocenters. The van der Waals surface area contributed by atoms with Crippen LogP contribution in [-0.2, 0) is 0 Å². The standard InChI is InChI=1S/C18H26N2S/c21-18(19-13-14-5-4-6-14)20-17-11-9-16(10-12-17)15-7-2-1-3-8-15/h9-12,14-15H,1-8,13H2,(H2,19,20,21). The lowest BCUT2D eigenvalue weighted by atomic mass is 9.84. The Bertz CT molecular complexity index is 459. The SMILES string of the molecule is S=C(NCC1CCC1)Nc1ccc(C2CCCCC2)cc1. The van der Waals surface area contributed by atoms with Crippen LogP contribution in [-0.4, -0.2) is 11.7 Å². The summed E-state index contributed by atoms with van der Waals surface area (Å²) in [5.74, 6) is 1.61. The number of hydrogen-bond acceptors (Lipinski definition) is 1. The van der Waals surface area contributed by atoms with Crippen LogP contribution in [0.3, 0.4) is 0 Å². The minimum atomic E-state index is 0.757. The van der Waals surface area contributed by atoms with Crippen molar-refractivity contribution in [2.24, 2.45) is 5.92 Å². The third-order valence-corrected chi connectivity index (χ3v) is 5.27. The van der Waals surface area contributed by atoms with Crippen LogP contribution in [0.25, 0.3) is 0 Å². The molecule has 0 bridgehead atoms. The highest BCUT2D eigenvalue weighted by atomic mass is 32.1. The molecule has 0 aliphatic heterocycles. The second kappa shape index (κ2) is 7.26. The summed E-state index contributed by atoms with van der Waals surface area (Å²) in [6.45, 7) is 1.02. The molecular formula is C18H26N2S. The van der Waals surface area contributed by atoms with Crippen molar-refractivity contribution in [3.63, 3.8) is 0 Å². The van der Waals surface area contributed by atoms with Gasteiger partial charge in [0.15, 0.2) is 5.11 Å². The van der Waals surface area contributed by atoms with E-state index < -0.39 is 0 Å². The number of rotatable bonds is 4. The van der Waals surface area contributed by atoms with Gasteiger partial charge >= 0.3 is 0 Å². The lowest BCUT2D eigenvalue weighted by Gasteiger charge is -2.26. The highest BCUT2D eigenvalue weighted by molar-refractivity contribution is 7.80. The average Bonchev–Trinajstić information content (AvgIpc) is 2.47. The van der Waals surface area contributed by atoms with E-state index in [2.05, 4.69) is 34.9 Å². The third kappa shape index (κ3) is 4.19. The van der Waals surface area contributed by atoms with E-state index in [-0.39, 0.29) is 0 Å². The molecule has 2 fully saturated rings. The van der Waals surface area contributed by atoms with Crippen LogP contribution in [0, 0.1) is 5.92 Å². The maximum absolute atomic E-state index is 5.36. The normalized spacial score (nSPS) is 19.8. The zero-order chi connectivity index (χ0) is 14.5. The molecule has 0 aromatic heterocycles. The summed E-state index contributed by atoms with van der Waals surface area (Å²) in [5.41, 5.74) is 2.59. The Morgan fingerprint density at radius 2 is 1.67 bits per heavy atom. The molecule has 1 aromatic carbocycles. The molecule has 2 nitrogen and oxygen atoms in total. The number of thiocarbonyl (C=S) groups is 1. The van der Waals surface area contributed by atoms with E-state index >= 15 is 0 Å². The largest absolute Gasteiger partial charge is 0.362 e. The molecule has 0 heterocycles. The van der Waals surface area contributed by atoms with Crippen molar-refractivity contribution in [3.8, 4) is 0 Å². The molecule has 0 radical (unpaired) electrons. The Hall–Kier alpha value is -1.09. The highest BCUT2D eigenvalue weighted by Crippen LogP contribution is 2.33. The predicted octanol–water partition coefficient (Wildman–Crippen LogP) is 4.82. The molecule has 2 aliphatic carbocycles. The van der Waals surface area contributed by atoms with Crippen LogP contribution in [0.1, 0.15) is 62.8 Å². The maximum Gasteiger partial charge on any atom is 0.170 e. The third-order valence-electron chi connectivity index (χ3n) is 5.02. The molecule has 0 saturated heterocycles. The Morgan fingerprint density at radius 3 is 2.29 bits per heavy atom. The number of benzene rings is 1. The average molecular weight is 302 g/mol. The molecule has 2 saturated carbocycles. The van der Waals surface area contributed by atoms with Crippen LogP contribution in [0.4, 0.5) is 5.69 Å². The first-order valence-corrected chi connectivity index (χ1v) is 8.87. The number of anilines is 1. The van der Waals surface area contributed by atoms with Crippen molar-refractivity contribution in [2.75, 3.05) is 11.9 Å². The fraction of sp³-hybridized carbons (Fsp3) is 0.611. The molecule has 0 spiro atoms. The van der Waals surface area contributed by atoms with E-state index in [1.807, 2.05) is 0 Å². The Labute approximate surface area is 133 Å². The van der Waals surface area contributed by atoms with Gasteiger partial charge in [-0.25, -0.2) is 0 Å². The molecule has 0 amide bonds. The first-order valence-electron chi connectivity index (χ1n) is 8.46. The van der Waals surface area contributed by atoms with Gasteiger partial charge in [-0.15, -0.1) is 0 Å². The summed E-state index contributed by atoms with van der Waals surface area (Å²) in [5, 5.41) is 7.38. The first kappa shape index (κ1) is 14.8. The zero-order valence-corrected chi connectivity index (χ0v) is 13.6. The van der Waals surface area contributed by atoms with Crippen molar-refractivity contribution < 1.29 is 0 Å². The van der Waals surface area contributed by atoms with Crippen molar-refractivity contribution in [1.82, 2.24) is 5.32 Å². The van der Waals surface area contributed by atoms with Gasteiger partial charge in [-0.1, -0.05) is 37.8 Å². The minimum Gasteiger partial charge on any atom is -0.362 e. The van der Waals surface area contributed by atoms with E-state index in [0.29, 0.717) is 0 Å². The summed E-state index contributed by atoms with van der Waals surface area (Å²) in [6.07, 6.45) is 11.0. The molecule has 1 aromatic rings. The first-order chi connectivity index (χ1) is 10.3. The highest BCUT2D eigenvalue weighted by Gasteiger charge is 2.17. The monoisotopic (exact) mass is 302 g/mol. The summed E-state index contributed by atoms with van der Waals surface area (Å²) in [6, 6.07) is 8.88. The van der Waals surface area contributed by atoms with Crippen molar-refractivity contribution in [1.29, 1.82) is 0 Å². The van der Waals surface area contributed by atoms with Crippen molar-refractivity contribution in [2.45, 2.75) is 57.3 Å². The second-order valence-corrected chi connectivity index (χ2v) is 7.00. The molecular weight excluding hydrogens is 276 g/mol. The maximum atomic E-state index is 5.36. The van der Waals surface area contributed by atoms with Gasteiger partial charge in [-0.2, -0.15) is 0 Å². The molecule has 2 aliphatic rings. The smallest absolute Gasteiger partial charge is 0.170 e. The lowest BCUT2D eigenvalue weighted by Crippen LogP contribution is -2.34. The predicted molar refractivity (Wildman–Crippen MR) is 93.8 cm³/mol. The quantitative estimate of drug-likeness (QED) is 0.780. The summed E-state index contributed by atoms with van der Waals surface area (Å²) < 4.78 is 0. The Balaban J connectivity index is 1.47. The number of nitrogens with one attached hydrogen (secondary N) is 2. The van der Waals surface area contributed by atoms with Gasteiger partial charge in [0.05, 0.1) is 0 Å². The van der Waals surface area contributed by atoms with E-state index in [0.717, 1.165) is 29.2 Å². The van der Waals surface area contributed by atoms with Crippen LogP contribution in [0.5, 0.6) is 0 Å². The Kier molecular flexibility index (Phi) is 5.13. The van der Waals surface area contributed by atoms with Gasteiger partial charge < -0.3 is 10.6 Å². The lowest BCUT2D eigenvalue weighted by molar-refractivity contribution is 0.316. The van der Waals surface area contributed by atoms with Gasteiger partial charge in [-0.05, 0) is 67.4 Å². The van der Waals surface area contributed by atoms with Gasteiger partial charge in [-0.3, -0.25) is 0 Å². The van der Waals surface area contributed by atoms with E-state index in [9.17, 15) is 0 Å². The molecule has 114 valence electrons. The van der Waals surface area contributed by atoms with E-state index in [1.54, 1.807) is 0 Å². The molecule has 3 rings (SSSR count). The summed E-state index contributed by atoms with van der Waals surface area (Å²) in [4.78, 5) is 0. The molecule has 2 N–H and O–H groups in total. The van der Waals surface area contributed by atoms with Crippen LogP contribution >= 0.6 is 12.2 Å². The van der Waals surface area contributed by atoms with Crippen LogP contribution in [0.15, 0.2) is 24.3 Å². The molecule has 21 heavy (non-hydrogen) atoms. The fourth-order valence-corrected chi connectivity index (χ4v) is 3.58. The van der Waals surface area contributed by atoms with Gasteiger partial charge in [0.25, 0.3) is 0 Å². The van der Waals surface area contributed by atoms with Gasteiger partial charge in [0.2, 0.25) is 0 Å². The fourth-order valence-electron chi connectivity index (χ4n) is 3.38. The summed E-state index contributed by atoms with van der Waals surface area (Å²) >= 11 is 5.36. The topological polar surface area (TPSA) is 24.1 Å². The van der Waals surface area contributed by atoms with Crippen LogP contribution < -0.4 is 10.6 Å². The number of hydrogen-bond donors (Lipinski definition) is 2. The summed E-state index contributed by atoms with van der Waals surface area (Å²) in [7, 11) is 0. The van der Waals surface area contributed by atoms with Crippen molar-refractivity contribution in [3.05, 3.63) is 29.8 Å².